The molecule has 1 aliphatic rings. The van der Waals surface area contributed by atoms with Gasteiger partial charge in [-0.1, -0.05) is 18.2 Å². The zero-order valence-electron chi connectivity index (χ0n) is 17.4. The summed E-state index contributed by atoms with van der Waals surface area (Å²) in [5.74, 6) is -0.771. The van der Waals surface area contributed by atoms with Crippen LogP contribution in [0.1, 0.15) is 24.1 Å². The first kappa shape index (κ1) is 19.7. The number of aryl methyl sites for hydroxylation is 1. The summed E-state index contributed by atoms with van der Waals surface area (Å²) in [6.07, 6.45) is 3.84. The number of hydrogen-bond donors (Lipinski definition) is 2. The molecule has 1 aromatic carbocycles. The van der Waals surface area contributed by atoms with Gasteiger partial charge in [-0.3, -0.25) is 19.6 Å². The number of thiophene rings is 1. The van der Waals surface area contributed by atoms with Gasteiger partial charge < -0.3 is 9.88 Å². The summed E-state index contributed by atoms with van der Waals surface area (Å²) < 4.78 is 2.92. The first-order valence-electron chi connectivity index (χ1n) is 10.3. The third kappa shape index (κ3) is 3.37. The number of amides is 2. The van der Waals surface area contributed by atoms with E-state index in [2.05, 4.69) is 29.3 Å². The van der Waals surface area contributed by atoms with Crippen molar-refractivity contribution in [3.63, 3.8) is 0 Å². The number of hydrogen-bond acceptors (Lipinski definition) is 5. The van der Waals surface area contributed by atoms with Crippen LogP contribution in [0.25, 0.3) is 32.3 Å². The highest BCUT2D eigenvalue weighted by molar-refractivity contribution is 7.17. The van der Waals surface area contributed by atoms with E-state index < -0.39 is 5.91 Å². The SMILES string of the molecule is CN(C)CCCCn1nc(C2=C(c3c[nH]c4ccsc34)C(=O)NC2=O)c2ccccc21. The number of H-pyrrole nitrogens is 1. The number of rotatable bonds is 7. The second-order valence-electron chi connectivity index (χ2n) is 8.00. The molecule has 1 aliphatic heterocycles. The molecule has 2 amide bonds. The van der Waals surface area contributed by atoms with Crippen LogP contribution in [-0.4, -0.2) is 52.1 Å². The molecule has 0 atom stereocenters. The molecule has 0 fully saturated rings. The Morgan fingerprint density at radius 1 is 1.06 bits per heavy atom. The Morgan fingerprint density at radius 2 is 1.87 bits per heavy atom. The summed E-state index contributed by atoms with van der Waals surface area (Å²) >= 11 is 1.55. The molecule has 4 heterocycles. The van der Waals surface area contributed by atoms with Crippen LogP contribution in [0, 0.1) is 0 Å². The maximum atomic E-state index is 12.9. The van der Waals surface area contributed by atoms with Crippen LogP contribution < -0.4 is 5.32 Å². The lowest BCUT2D eigenvalue weighted by Crippen LogP contribution is -2.22. The zero-order valence-corrected chi connectivity index (χ0v) is 18.3. The van der Waals surface area contributed by atoms with Gasteiger partial charge in [-0.05, 0) is 51.0 Å². The third-order valence-corrected chi connectivity index (χ3v) is 6.55. The van der Waals surface area contributed by atoms with Gasteiger partial charge in [0.05, 0.1) is 26.9 Å². The summed E-state index contributed by atoms with van der Waals surface area (Å²) in [5.41, 5.74) is 3.97. The van der Waals surface area contributed by atoms with Crippen molar-refractivity contribution in [2.24, 2.45) is 0 Å². The van der Waals surface area contributed by atoms with E-state index in [0.717, 1.165) is 52.6 Å². The summed E-state index contributed by atoms with van der Waals surface area (Å²) in [5, 5.41) is 10.2. The van der Waals surface area contributed by atoms with Gasteiger partial charge in [-0.2, -0.15) is 5.10 Å². The molecule has 4 aromatic rings. The molecule has 0 aliphatic carbocycles. The van der Waals surface area contributed by atoms with Crippen molar-refractivity contribution in [3.05, 3.63) is 53.2 Å². The molecule has 0 saturated heterocycles. The lowest BCUT2D eigenvalue weighted by atomic mass is 9.99. The summed E-state index contributed by atoms with van der Waals surface area (Å²) in [4.78, 5) is 31.1. The lowest BCUT2D eigenvalue weighted by molar-refractivity contribution is -0.122. The quantitative estimate of drug-likeness (QED) is 0.345. The zero-order chi connectivity index (χ0) is 21.5. The number of fused-ring (bicyclic) bond motifs is 2. The highest BCUT2D eigenvalue weighted by Gasteiger charge is 2.36. The molecule has 3 aromatic heterocycles. The van der Waals surface area contributed by atoms with Gasteiger partial charge in [0, 0.05) is 23.7 Å². The van der Waals surface area contributed by atoms with Crippen molar-refractivity contribution in [3.8, 4) is 0 Å². The monoisotopic (exact) mass is 433 g/mol. The van der Waals surface area contributed by atoms with E-state index in [1.165, 1.54) is 0 Å². The van der Waals surface area contributed by atoms with E-state index in [-0.39, 0.29) is 5.91 Å². The average molecular weight is 434 g/mol. The fourth-order valence-electron chi connectivity index (χ4n) is 4.14. The normalized spacial score (nSPS) is 14.5. The first-order valence-corrected chi connectivity index (χ1v) is 11.2. The summed E-state index contributed by atoms with van der Waals surface area (Å²) in [6.45, 7) is 1.77. The van der Waals surface area contributed by atoms with E-state index in [9.17, 15) is 9.59 Å². The predicted molar refractivity (Wildman–Crippen MR) is 124 cm³/mol. The van der Waals surface area contributed by atoms with E-state index in [0.29, 0.717) is 16.8 Å². The molecular formula is C23H23N5O2S. The molecule has 2 N–H and O–H groups in total. The highest BCUT2D eigenvalue weighted by atomic mass is 32.1. The van der Waals surface area contributed by atoms with Gasteiger partial charge in [-0.25, -0.2) is 0 Å². The average Bonchev–Trinajstić information content (AvgIpc) is 3.48. The number of nitrogens with one attached hydrogen (secondary N) is 2. The van der Waals surface area contributed by atoms with E-state index in [4.69, 9.17) is 5.10 Å². The Hall–Kier alpha value is -3.23. The number of aromatic amines is 1. The number of unbranched alkanes of at least 4 members (excludes halogenated alkanes) is 1. The Labute approximate surface area is 183 Å². The Kier molecular flexibility index (Phi) is 4.95. The number of carbonyl (C=O) groups excluding carboxylic acids is 2. The number of para-hydroxylation sites is 1. The Balaban J connectivity index is 1.63. The lowest BCUT2D eigenvalue weighted by Gasteiger charge is -2.09. The molecule has 31 heavy (non-hydrogen) atoms. The smallest absolute Gasteiger partial charge is 0.261 e. The van der Waals surface area contributed by atoms with Crippen LogP contribution in [-0.2, 0) is 16.1 Å². The van der Waals surface area contributed by atoms with Crippen molar-refractivity contribution in [2.45, 2.75) is 19.4 Å². The van der Waals surface area contributed by atoms with Crippen LogP contribution in [0.5, 0.6) is 0 Å². The van der Waals surface area contributed by atoms with Crippen molar-refractivity contribution in [1.82, 2.24) is 25.0 Å². The molecule has 158 valence electrons. The molecule has 0 radical (unpaired) electrons. The van der Waals surface area contributed by atoms with Crippen molar-refractivity contribution in [1.29, 1.82) is 0 Å². The molecule has 7 nitrogen and oxygen atoms in total. The van der Waals surface area contributed by atoms with Gasteiger partial charge in [0.15, 0.2) is 0 Å². The molecule has 0 spiro atoms. The van der Waals surface area contributed by atoms with Crippen molar-refractivity contribution >= 4 is 55.4 Å². The van der Waals surface area contributed by atoms with Crippen molar-refractivity contribution < 1.29 is 9.59 Å². The number of benzene rings is 1. The van der Waals surface area contributed by atoms with E-state index in [1.54, 1.807) is 17.5 Å². The summed E-state index contributed by atoms with van der Waals surface area (Å²) in [7, 11) is 4.13. The molecule has 8 heteroatoms. The minimum atomic E-state index is -0.395. The van der Waals surface area contributed by atoms with Crippen LogP contribution in [0.15, 0.2) is 41.9 Å². The molecule has 0 bridgehead atoms. The number of carbonyl (C=O) groups is 2. The van der Waals surface area contributed by atoms with Gasteiger partial charge in [0.1, 0.15) is 5.69 Å². The molecule has 0 saturated carbocycles. The van der Waals surface area contributed by atoms with Crippen molar-refractivity contribution in [2.75, 3.05) is 20.6 Å². The van der Waals surface area contributed by atoms with Gasteiger partial charge in [0.2, 0.25) is 0 Å². The van der Waals surface area contributed by atoms with E-state index in [1.807, 2.05) is 40.4 Å². The third-order valence-electron chi connectivity index (χ3n) is 5.60. The minimum absolute atomic E-state index is 0.350. The fraction of sp³-hybridized carbons (Fsp3) is 0.261. The largest absolute Gasteiger partial charge is 0.360 e. The van der Waals surface area contributed by atoms with Gasteiger partial charge in [-0.15, -0.1) is 11.3 Å². The maximum absolute atomic E-state index is 12.9. The van der Waals surface area contributed by atoms with Crippen LogP contribution in [0.4, 0.5) is 0 Å². The standard InChI is InChI=1S/C23H23N5O2S/c1-27(2)10-5-6-11-28-17-8-4-3-7-14(17)20(26-28)19-18(22(29)25-23(19)30)15-13-24-16-9-12-31-21(15)16/h3-4,7-9,12-13,24H,5-6,10-11H2,1-2H3,(H,25,29,30). The second kappa shape index (κ2) is 7.79. The first-order chi connectivity index (χ1) is 15.0. The molecular weight excluding hydrogens is 410 g/mol. The summed E-state index contributed by atoms with van der Waals surface area (Å²) in [6, 6.07) is 9.86. The predicted octanol–water partition coefficient (Wildman–Crippen LogP) is 3.49. The Bertz CT molecular complexity index is 1340. The van der Waals surface area contributed by atoms with Gasteiger partial charge >= 0.3 is 0 Å². The number of imide groups is 1. The fourth-order valence-corrected chi connectivity index (χ4v) is 5.02. The van der Waals surface area contributed by atoms with Crippen LogP contribution >= 0.6 is 11.3 Å². The van der Waals surface area contributed by atoms with Gasteiger partial charge in [0.25, 0.3) is 11.8 Å². The number of nitrogens with zero attached hydrogens (tertiary/aromatic N) is 3. The maximum Gasteiger partial charge on any atom is 0.261 e. The Morgan fingerprint density at radius 3 is 2.71 bits per heavy atom. The number of aromatic nitrogens is 3. The molecule has 5 rings (SSSR count). The van der Waals surface area contributed by atoms with E-state index >= 15 is 0 Å². The van der Waals surface area contributed by atoms with Crippen LogP contribution in [0.2, 0.25) is 0 Å². The highest BCUT2D eigenvalue weighted by Crippen LogP contribution is 2.38. The van der Waals surface area contributed by atoms with Crippen LogP contribution in [0.3, 0.4) is 0 Å². The second-order valence-corrected chi connectivity index (χ2v) is 8.91. The minimum Gasteiger partial charge on any atom is -0.360 e. The topological polar surface area (TPSA) is 83.0 Å². The molecule has 0 unspecified atom stereocenters.